The minimum Gasteiger partial charge on any atom is -0.392 e. The number of aliphatic hydroxyl groups excluding tert-OH is 1. The standard InChI is InChI=1S/C26H33NO/c1-24(2)22-10-7-18-20-9-8-19(17-6-5-15-27-16-17)25(20,3)13-11-21(18)26(22,4)14-12-23(24)28/h5-6,8-10,15-16,18,21,23,28H,7,11-14H2,1-4H3/t18-,21-,23?,25+,26+/m0/s1. The van der Waals surface area contributed by atoms with Gasteiger partial charge in [0.15, 0.2) is 0 Å². The number of hydrogen-bond donors (Lipinski definition) is 1. The van der Waals surface area contributed by atoms with Crippen molar-refractivity contribution in [2.75, 3.05) is 0 Å². The molecule has 1 aromatic rings. The van der Waals surface area contributed by atoms with Crippen molar-refractivity contribution < 1.29 is 5.11 Å². The van der Waals surface area contributed by atoms with Gasteiger partial charge in [-0.1, -0.05) is 63.1 Å². The summed E-state index contributed by atoms with van der Waals surface area (Å²) < 4.78 is 0. The second-order valence-corrected chi connectivity index (χ2v) is 10.6. The third-order valence-corrected chi connectivity index (χ3v) is 8.95. The van der Waals surface area contributed by atoms with Gasteiger partial charge in [-0.25, -0.2) is 0 Å². The molecule has 0 aliphatic heterocycles. The van der Waals surface area contributed by atoms with Crippen molar-refractivity contribution in [1.82, 2.24) is 4.98 Å². The van der Waals surface area contributed by atoms with Gasteiger partial charge in [-0.3, -0.25) is 4.98 Å². The van der Waals surface area contributed by atoms with Gasteiger partial charge in [0.05, 0.1) is 6.10 Å². The summed E-state index contributed by atoms with van der Waals surface area (Å²) in [6.07, 6.45) is 16.7. The fourth-order valence-corrected chi connectivity index (χ4v) is 7.33. The zero-order valence-electron chi connectivity index (χ0n) is 17.7. The van der Waals surface area contributed by atoms with Gasteiger partial charge in [0.2, 0.25) is 0 Å². The lowest BCUT2D eigenvalue weighted by Gasteiger charge is -2.59. The van der Waals surface area contributed by atoms with Crippen molar-refractivity contribution in [3.8, 4) is 0 Å². The molecule has 0 bridgehead atoms. The number of nitrogens with zero attached hydrogens (tertiary/aromatic N) is 1. The van der Waals surface area contributed by atoms with Crippen molar-refractivity contribution >= 4 is 5.57 Å². The lowest BCUT2D eigenvalue weighted by Crippen LogP contribution is -2.52. The molecule has 2 nitrogen and oxygen atoms in total. The molecule has 5 rings (SSSR count). The van der Waals surface area contributed by atoms with Gasteiger partial charge in [-0.05, 0) is 66.6 Å². The molecule has 2 fully saturated rings. The molecule has 1 N–H and O–H groups in total. The normalized spacial score (nSPS) is 41.2. The number of aromatic nitrogens is 1. The molecule has 0 radical (unpaired) electrons. The first kappa shape index (κ1) is 18.4. The van der Waals surface area contributed by atoms with Crippen molar-refractivity contribution in [2.45, 2.75) is 65.9 Å². The molecule has 1 aromatic heterocycles. The van der Waals surface area contributed by atoms with Crippen LogP contribution >= 0.6 is 0 Å². The van der Waals surface area contributed by atoms with Crippen LogP contribution in [0, 0.1) is 28.1 Å². The summed E-state index contributed by atoms with van der Waals surface area (Å²) in [5.41, 5.74) is 6.18. The molecule has 1 unspecified atom stereocenters. The number of aliphatic hydroxyl groups is 1. The molecule has 2 heteroatoms. The molecule has 4 aliphatic carbocycles. The summed E-state index contributed by atoms with van der Waals surface area (Å²) in [6, 6.07) is 4.26. The van der Waals surface area contributed by atoms with Crippen LogP contribution in [0.25, 0.3) is 5.57 Å². The minimum atomic E-state index is -0.207. The third kappa shape index (κ3) is 2.27. The monoisotopic (exact) mass is 375 g/mol. The molecular weight excluding hydrogens is 342 g/mol. The van der Waals surface area contributed by atoms with Crippen molar-refractivity contribution in [3.63, 3.8) is 0 Å². The van der Waals surface area contributed by atoms with Gasteiger partial charge >= 0.3 is 0 Å². The maximum atomic E-state index is 10.7. The molecule has 148 valence electrons. The van der Waals surface area contributed by atoms with Gasteiger partial charge in [0.25, 0.3) is 0 Å². The first-order chi connectivity index (χ1) is 13.3. The van der Waals surface area contributed by atoms with E-state index in [1.54, 1.807) is 5.57 Å². The highest BCUT2D eigenvalue weighted by Gasteiger charge is 2.57. The van der Waals surface area contributed by atoms with E-state index in [1.807, 2.05) is 12.4 Å². The van der Waals surface area contributed by atoms with E-state index in [4.69, 9.17) is 0 Å². The van der Waals surface area contributed by atoms with Crippen LogP contribution in [0.4, 0.5) is 0 Å². The summed E-state index contributed by atoms with van der Waals surface area (Å²) in [7, 11) is 0. The average Bonchev–Trinajstić information content (AvgIpc) is 3.03. The summed E-state index contributed by atoms with van der Waals surface area (Å²) >= 11 is 0. The number of rotatable bonds is 1. The van der Waals surface area contributed by atoms with Crippen LogP contribution in [-0.4, -0.2) is 16.2 Å². The van der Waals surface area contributed by atoms with E-state index in [9.17, 15) is 5.11 Å². The van der Waals surface area contributed by atoms with Crippen molar-refractivity contribution in [2.24, 2.45) is 28.1 Å². The Hall–Kier alpha value is -1.67. The lowest BCUT2D eigenvalue weighted by atomic mass is 9.45. The zero-order chi connectivity index (χ0) is 19.7. The second kappa shape index (κ2) is 5.92. The van der Waals surface area contributed by atoms with Crippen LogP contribution in [0.5, 0.6) is 0 Å². The zero-order valence-corrected chi connectivity index (χ0v) is 17.7. The van der Waals surface area contributed by atoms with Gasteiger partial charge in [-0.15, -0.1) is 0 Å². The Balaban J connectivity index is 1.52. The van der Waals surface area contributed by atoms with E-state index in [0.29, 0.717) is 11.8 Å². The second-order valence-electron chi connectivity index (χ2n) is 10.6. The van der Waals surface area contributed by atoms with Crippen LogP contribution in [0.3, 0.4) is 0 Å². The first-order valence-corrected chi connectivity index (χ1v) is 11.0. The molecule has 0 spiro atoms. The number of fused-ring (bicyclic) bond motifs is 5. The maximum absolute atomic E-state index is 10.7. The molecular formula is C26H33NO. The minimum absolute atomic E-state index is 0.0953. The quantitative estimate of drug-likeness (QED) is 0.615. The molecule has 1 heterocycles. The van der Waals surface area contributed by atoms with Gasteiger partial charge in [-0.2, -0.15) is 0 Å². The largest absolute Gasteiger partial charge is 0.392 e. The number of hydrogen-bond acceptors (Lipinski definition) is 2. The number of pyridine rings is 1. The average molecular weight is 376 g/mol. The molecule has 2 saturated carbocycles. The summed E-state index contributed by atoms with van der Waals surface area (Å²) in [4.78, 5) is 4.37. The fraction of sp³-hybridized carbons (Fsp3) is 0.577. The lowest BCUT2D eigenvalue weighted by molar-refractivity contribution is -0.0273. The Kier molecular flexibility index (Phi) is 3.88. The molecule has 28 heavy (non-hydrogen) atoms. The Bertz CT molecular complexity index is 892. The summed E-state index contributed by atoms with van der Waals surface area (Å²) in [5.74, 6) is 1.32. The van der Waals surface area contributed by atoms with Crippen LogP contribution in [0.15, 0.2) is 53.9 Å². The van der Waals surface area contributed by atoms with E-state index in [1.165, 1.54) is 29.6 Å². The summed E-state index contributed by atoms with van der Waals surface area (Å²) in [5, 5.41) is 10.7. The third-order valence-electron chi connectivity index (χ3n) is 8.95. The predicted molar refractivity (Wildman–Crippen MR) is 114 cm³/mol. The molecule has 0 amide bonds. The smallest absolute Gasteiger partial charge is 0.0628 e. The highest BCUT2D eigenvalue weighted by Crippen LogP contribution is 2.66. The molecule has 0 saturated heterocycles. The van der Waals surface area contributed by atoms with E-state index in [2.05, 4.69) is 63.0 Å². The topological polar surface area (TPSA) is 33.1 Å². The van der Waals surface area contributed by atoms with Crippen LogP contribution in [-0.2, 0) is 0 Å². The van der Waals surface area contributed by atoms with E-state index < -0.39 is 0 Å². The van der Waals surface area contributed by atoms with E-state index in [0.717, 1.165) is 19.3 Å². The summed E-state index contributed by atoms with van der Waals surface area (Å²) in [6.45, 7) is 9.46. The highest BCUT2D eigenvalue weighted by atomic mass is 16.3. The fourth-order valence-electron chi connectivity index (χ4n) is 7.33. The molecule has 0 aromatic carbocycles. The SMILES string of the molecule is CC1(C)C2=CC[C@H]3C4=CC=C(c5cccnc5)[C@@]4(C)CC[C@@H]3[C@@]2(C)CCC1O. The Labute approximate surface area is 169 Å². The Morgan fingerprint density at radius 2 is 1.89 bits per heavy atom. The molecule has 5 atom stereocenters. The van der Waals surface area contributed by atoms with Crippen LogP contribution in [0.2, 0.25) is 0 Å². The first-order valence-electron chi connectivity index (χ1n) is 11.0. The highest BCUT2D eigenvalue weighted by molar-refractivity contribution is 5.78. The number of allylic oxidation sites excluding steroid dienone is 5. The Morgan fingerprint density at radius 3 is 2.64 bits per heavy atom. The molecule has 4 aliphatic rings. The maximum Gasteiger partial charge on any atom is 0.0628 e. The van der Waals surface area contributed by atoms with E-state index >= 15 is 0 Å². The Morgan fingerprint density at radius 1 is 1.07 bits per heavy atom. The van der Waals surface area contributed by atoms with Crippen LogP contribution < -0.4 is 0 Å². The van der Waals surface area contributed by atoms with Gasteiger partial charge in [0, 0.05) is 23.2 Å². The van der Waals surface area contributed by atoms with E-state index in [-0.39, 0.29) is 22.3 Å². The van der Waals surface area contributed by atoms with Gasteiger partial charge < -0.3 is 5.11 Å². The van der Waals surface area contributed by atoms with Crippen molar-refractivity contribution in [3.05, 3.63) is 59.5 Å². The van der Waals surface area contributed by atoms with Crippen LogP contribution in [0.1, 0.15) is 65.4 Å². The predicted octanol–water partition coefficient (Wildman–Crippen LogP) is 5.95. The van der Waals surface area contributed by atoms with Crippen molar-refractivity contribution in [1.29, 1.82) is 0 Å². The van der Waals surface area contributed by atoms with Gasteiger partial charge in [0.1, 0.15) is 0 Å².